The number of fused-ring (bicyclic) bond motifs is 1. The first-order valence-electron chi connectivity index (χ1n) is 13.2. The average molecular weight is 552 g/mol. The van der Waals surface area contributed by atoms with Crippen molar-refractivity contribution in [3.8, 4) is 5.69 Å². The summed E-state index contributed by atoms with van der Waals surface area (Å²) in [5.41, 5.74) is 4.93. The first-order chi connectivity index (χ1) is 19.6. The van der Waals surface area contributed by atoms with Gasteiger partial charge in [-0.2, -0.15) is 5.10 Å². The van der Waals surface area contributed by atoms with Gasteiger partial charge >= 0.3 is 0 Å². The maximum absolute atomic E-state index is 12.9. The Kier molecular flexibility index (Phi) is 7.31. The van der Waals surface area contributed by atoms with Crippen molar-refractivity contribution in [2.24, 2.45) is 0 Å². The summed E-state index contributed by atoms with van der Waals surface area (Å²) in [6.45, 7) is 1.90. The molecule has 3 heterocycles. The molecule has 1 fully saturated rings. The van der Waals surface area contributed by atoms with Crippen LogP contribution in [0.4, 0.5) is 17.1 Å². The highest BCUT2D eigenvalue weighted by Crippen LogP contribution is 2.25. The Morgan fingerprint density at radius 1 is 0.875 bits per heavy atom. The maximum atomic E-state index is 12.9. The van der Waals surface area contributed by atoms with E-state index >= 15 is 0 Å². The van der Waals surface area contributed by atoms with Gasteiger partial charge in [0.2, 0.25) is 0 Å². The van der Waals surface area contributed by atoms with Crippen LogP contribution in [0.5, 0.6) is 0 Å². The molecular weight excluding hydrogens is 522 g/mol. The third-order valence-corrected chi connectivity index (χ3v) is 8.08. The number of thiophene rings is 1. The minimum absolute atomic E-state index is 0.125. The van der Waals surface area contributed by atoms with Gasteiger partial charge in [-0.3, -0.25) is 9.59 Å². The lowest BCUT2D eigenvalue weighted by Gasteiger charge is -2.33. The summed E-state index contributed by atoms with van der Waals surface area (Å²) in [5, 5.41) is 13.2. The number of carbonyl (C=O) groups is 2. The fourth-order valence-electron chi connectivity index (χ4n) is 4.98. The fraction of sp³-hybridized carbons (Fsp3) is 0.194. The largest absolute Gasteiger partial charge is 0.381 e. The Bertz CT molecular complexity index is 1620. The van der Waals surface area contributed by atoms with Gasteiger partial charge in [-0.25, -0.2) is 4.68 Å². The van der Waals surface area contributed by atoms with Crippen molar-refractivity contribution in [2.75, 3.05) is 35.7 Å². The molecule has 3 aromatic carbocycles. The molecule has 9 heteroatoms. The standard InChI is InChI=1S/C31H29N5O3S/c1-39-27-14-16-35(17-15-27)25-9-4-21(5-10-25)30(37)34-24-8-13-28-22(19-24)20-32-36(28)26-11-6-23(7-12-26)33-31(38)29-3-2-18-40-29/h2-13,18-20,27H,14-17H2,1H3,(H,33,38)(H,34,37). The number of hydrogen-bond acceptors (Lipinski definition) is 6. The van der Waals surface area contributed by atoms with Crippen LogP contribution < -0.4 is 15.5 Å². The van der Waals surface area contributed by atoms with Gasteiger partial charge in [-0.15, -0.1) is 11.3 Å². The number of carbonyl (C=O) groups excluding carboxylic acids is 2. The van der Waals surface area contributed by atoms with Gasteiger partial charge < -0.3 is 20.3 Å². The molecule has 5 aromatic rings. The van der Waals surface area contributed by atoms with Crippen molar-refractivity contribution < 1.29 is 14.3 Å². The van der Waals surface area contributed by atoms with Gasteiger partial charge in [-0.1, -0.05) is 6.07 Å². The molecule has 0 radical (unpaired) electrons. The zero-order valence-electron chi connectivity index (χ0n) is 22.0. The topological polar surface area (TPSA) is 88.5 Å². The molecule has 0 unspecified atom stereocenters. The number of benzene rings is 3. The van der Waals surface area contributed by atoms with E-state index in [1.807, 2.05) is 82.9 Å². The van der Waals surface area contributed by atoms with Crippen molar-refractivity contribution in [1.82, 2.24) is 9.78 Å². The minimum Gasteiger partial charge on any atom is -0.381 e. The summed E-state index contributed by atoms with van der Waals surface area (Å²) in [6, 6.07) is 24.7. The number of piperidine rings is 1. The maximum Gasteiger partial charge on any atom is 0.265 e. The van der Waals surface area contributed by atoms with E-state index < -0.39 is 0 Å². The first kappa shape index (κ1) is 25.8. The molecule has 0 saturated carbocycles. The third kappa shape index (κ3) is 5.47. The number of aromatic nitrogens is 2. The normalized spacial score (nSPS) is 13.9. The van der Waals surface area contributed by atoms with E-state index in [9.17, 15) is 9.59 Å². The van der Waals surface area contributed by atoms with Crippen LogP contribution in [-0.4, -0.2) is 47.9 Å². The summed E-state index contributed by atoms with van der Waals surface area (Å²) in [6.07, 6.45) is 4.13. The highest BCUT2D eigenvalue weighted by atomic mass is 32.1. The van der Waals surface area contributed by atoms with Crippen LogP contribution in [0.1, 0.15) is 32.9 Å². The van der Waals surface area contributed by atoms with Crippen LogP contribution in [0.25, 0.3) is 16.6 Å². The third-order valence-electron chi connectivity index (χ3n) is 7.21. The van der Waals surface area contributed by atoms with Crippen LogP contribution in [0, 0.1) is 0 Å². The SMILES string of the molecule is COC1CCN(c2ccc(C(=O)Nc3ccc4c(cnn4-c4ccc(NC(=O)c5cccs5)cc4)c3)cc2)CC1. The second-order valence-electron chi connectivity index (χ2n) is 9.73. The molecule has 8 nitrogen and oxygen atoms in total. The smallest absolute Gasteiger partial charge is 0.265 e. The highest BCUT2D eigenvalue weighted by molar-refractivity contribution is 7.12. The van der Waals surface area contributed by atoms with Gasteiger partial charge in [0.1, 0.15) is 0 Å². The summed E-state index contributed by atoms with van der Waals surface area (Å²) in [4.78, 5) is 28.2. The van der Waals surface area contributed by atoms with Crippen LogP contribution in [0.3, 0.4) is 0 Å². The van der Waals surface area contributed by atoms with E-state index in [0.717, 1.165) is 48.2 Å². The average Bonchev–Trinajstić information content (AvgIpc) is 3.69. The second kappa shape index (κ2) is 11.3. The second-order valence-corrected chi connectivity index (χ2v) is 10.7. The van der Waals surface area contributed by atoms with Crippen LogP contribution in [-0.2, 0) is 4.74 Å². The first-order valence-corrected chi connectivity index (χ1v) is 14.1. The van der Waals surface area contributed by atoms with E-state index in [2.05, 4.69) is 20.6 Å². The summed E-state index contributed by atoms with van der Waals surface area (Å²) in [7, 11) is 1.77. The van der Waals surface area contributed by atoms with Crippen molar-refractivity contribution in [1.29, 1.82) is 0 Å². The molecule has 202 valence electrons. The summed E-state index contributed by atoms with van der Waals surface area (Å²) < 4.78 is 7.30. The number of anilines is 3. The Morgan fingerprint density at radius 3 is 2.27 bits per heavy atom. The van der Waals surface area contributed by atoms with Crippen molar-refractivity contribution >= 4 is 51.1 Å². The number of nitrogens with one attached hydrogen (secondary N) is 2. The molecule has 1 aliphatic rings. The van der Waals surface area contributed by atoms with Crippen molar-refractivity contribution in [2.45, 2.75) is 18.9 Å². The summed E-state index contributed by atoms with van der Waals surface area (Å²) in [5.74, 6) is -0.281. The number of rotatable bonds is 7. The molecule has 2 aromatic heterocycles. The molecule has 2 amide bonds. The lowest BCUT2D eigenvalue weighted by atomic mass is 10.1. The van der Waals surface area contributed by atoms with E-state index in [1.54, 1.807) is 19.4 Å². The fourth-order valence-corrected chi connectivity index (χ4v) is 5.60. The number of methoxy groups -OCH3 is 1. The van der Waals surface area contributed by atoms with Gasteiger partial charge in [0.25, 0.3) is 11.8 Å². The predicted molar refractivity (Wildman–Crippen MR) is 160 cm³/mol. The number of hydrogen-bond donors (Lipinski definition) is 2. The molecule has 0 aliphatic carbocycles. The zero-order valence-corrected chi connectivity index (χ0v) is 22.9. The van der Waals surface area contributed by atoms with E-state index in [0.29, 0.717) is 27.9 Å². The molecule has 1 saturated heterocycles. The minimum atomic E-state index is -0.156. The molecule has 0 bridgehead atoms. The van der Waals surface area contributed by atoms with E-state index in [-0.39, 0.29) is 11.8 Å². The molecule has 0 spiro atoms. The monoisotopic (exact) mass is 551 g/mol. The molecule has 1 aliphatic heterocycles. The van der Waals surface area contributed by atoms with Crippen LogP contribution in [0.2, 0.25) is 0 Å². The number of ether oxygens (including phenoxy) is 1. The van der Waals surface area contributed by atoms with Crippen LogP contribution in [0.15, 0.2) is 90.4 Å². The van der Waals surface area contributed by atoms with Gasteiger partial charge in [-0.05, 0) is 91.0 Å². The predicted octanol–water partition coefficient (Wildman–Crippen LogP) is 6.21. The highest BCUT2D eigenvalue weighted by Gasteiger charge is 2.19. The molecule has 2 N–H and O–H groups in total. The van der Waals surface area contributed by atoms with E-state index in [4.69, 9.17) is 4.74 Å². The summed E-state index contributed by atoms with van der Waals surface area (Å²) >= 11 is 1.41. The zero-order chi connectivity index (χ0) is 27.5. The van der Waals surface area contributed by atoms with Crippen molar-refractivity contribution in [3.05, 3.63) is 101 Å². The van der Waals surface area contributed by atoms with Crippen molar-refractivity contribution in [3.63, 3.8) is 0 Å². The van der Waals surface area contributed by atoms with Gasteiger partial charge in [0, 0.05) is 48.2 Å². The van der Waals surface area contributed by atoms with Crippen LogP contribution >= 0.6 is 11.3 Å². The number of amides is 2. The van der Waals surface area contributed by atoms with Gasteiger partial charge in [0.05, 0.1) is 28.4 Å². The lowest BCUT2D eigenvalue weighted by molar-refractivity contribution is 0.0819. The Balaban J connectivity index is 1.10. The lowest BCUT2D eigenvalue weighted by Crippen LogP contribution is -2.36. The number of nitrogens with zero attached hydrogens (tertiary/aromatic N) is 3. The Morgan fingerprint density at radius 2 is 1.57 bits per heavy atom. The Hall–Kier alpha value is -4.47. The quantitative estimate of drug-likeness (QED) is 0.251. The molecule has 40 heavy (non-hydrogen) atoms. The molecular formula is C31H29N5O3S. The van der Waals surface area contributed by atoms with Gasteiger partial charge in [0.15, 0.2) is 0 Å². The molecule has 6 rings (SSSR count). The molecule has 0 atom stereocenters. The van der Waals surface area contributed by atoms with E-state index in [1.165, 1.54) is 11.3 Å². The Labute approximate surface area is 236 Å².